The number of ether oxygens (including phenoxy) is 1. The highest BCUT2D eigenvalue weighted by atomic mass is 16.5. The van der Waals surface area contributed by atoms with E-state index in [0.717, 1.165) is 5.69 Å². The van der Waals surface area contributed by atoms with Crippen LogP contribution in [0.25, 0.3) is 0 Å². The van der Waals surface area contributed by atoms with Crippen LogP contribution in [0.3, 0.4) is 0 Å². The molecule has 90 valence electrons. The van der Waals surface area contributed by atoms with Crippen LogP contribution in [0, 0.1) is 13.8 Å². The molecule has 3 nitrogen and oxygen atoms in total. The summed E-state index contributed by atoms with van der Waals surface area (Å²) in [5.41, 5.74) is 3.50. The molecule has 0 saturated heterocycles. The largest absolute Gasteiger partial charge is 0.389 e. The van der Waals surface area contributed by atoms with Crippen molar-refractivity contribution in [3.8, 4) is 0 Å². The summed E-state index contributed by atoms with van der Waals surface area (Å²) in [6.45, 7) is 7.59. The number of benzene rings is 1. The topological polar surface area (TPSA) is 41.5 Å². The highest BCUT2D eigenvalue weighted by Gasteiger charge is 2.03. The minimum absolute atomic E-state index is 0.383. The zero-order valence-corrected chi connectivity index (χ0v) is 10.3. The van der Waals surface area contributed by atoms with Gasteiger partial charge >= 0.3 is 0 Å². The molecule has 1 atom stereocenters. The Morgan fingerprint density at radius 3 is 2.44 bits per heavy atom. The highest BCUT2D eigenvalue weighted by molar-refractivity contribution is 5.48. The zero-order chi connectivity index (χ0) is 12.0. The number of anilines is 1. The quantitative estimate of drug-likeness (QED) is 0.776. The third-order valence-corrected chi connectivity index (χ3v) is 2.28. The van der Waals surface area contributed by atoms with Crippen LogP contribution in [0.2, 0.25) is 0 Å². The highest BCUT2D eigenvalue weighted by Crippen LogP contribution is 2.13. The second-order valence-electron chi connectivity index (χ2n) is 4.07. The Kier molecular flexibility index (Phi) is 5.29. The Hall–Kier alpha value is -1.06. The molecule has 16 heavy (non-hydrogen) atoms. The lowest BCUT2D eigenvalue weighted by Gasteiger charge is -2.13. The predicted octanol–water partition coefficient (Wildman–Crippen LogP) is 2.11. The minimum atomic E-state index is -0.458. The Morgan fingerprint density at radius 1 is 1.25 bits per heavy atom. The predicted molar refractivity (Wildman–Crippen MR) is 66.9 cm³/mol. The van der Waals surface area contributed by atoms with Crippen LogP contribution in [0.5, 0.6) is 0 Å². The standard InChI is InChI=1S/C13H21NO2/c1-4-16-9-13(15)8-14-12-6-10(2)5-11(3)7-12/h5-7,13-15H,4,8-9H2,1-3H3. The van der Waals surface area contributed by atoms with Crippen LogP contribution >= 0.6 is 0 Å². The van der Waals surface area contributed by atoms with Crippen molar-refractivity contribution in [1.29, 1.82) is 0 Å². The molecule has 1 aromatic carbocycles. The van der Waals surface area contributed by atoms with Gasteiger partial charge in [0.05, 0.1) is 12.7 Å². The van der Waals surface area contributed by atoms with Crippen molar-refractivity contribution in [2.24, 2.45) is 0 Å². The van der Waals surface area contributed by atoms with Gasteiger partial charge in [0.1, 0.15) is 0 Å². The Balaban J connectivity index is 2.41. The number of nitrogens with one attached hydrogen (secondary N) is 1. The maximum Gasteiger partial charge on any atom is 0.0945 e. The fourth-order valence-corrected chi connectivity index (χ4v) is 1.63. The lowest BCUT2D eigenvalue weighted by atomic mass is 10.1. The van der Waals surface area contributed by atoms with Crippen LogP contribution in [0.4, 0.5) is 5.69 Å². The molecule has 0 bridgehead atoms. The fraction of sp³-hybridized carbons (Fsp3) is 0.538. The summed E-state index contributed by atoms with van der Waals surface area (Å²) >= 11 is 0. The molecule has 0 aliphatic rings. The van der Waals surface area contributed by atoms with E-state index in [0.29, 0.717) is 19.8 Å². The third-order valence-electron chi connectivity index (χ3n) is 2.28. The number of hydrogen-bond donors (Lipinski definition) is 2. The van der Waals surface area contributed by atoms with E-state index in [1.807, 2.05) is 6.92 Å². The van der Waals surface area contributed by atoms with Gasteiger partial charge in [-0.25, -0.2) is 0 Å². The maximum absolute atomic E-state index is 9.59. The number of hydrogen-bond acceptors (Lipinski definition) is 3. The first-order valence-corrected chi connectivity index (χ1v) is 5.69. The summed E-state index contributed by atoms with van der Waals surface area (Å²) in [7, 11) is 0. The first-order valence-electron chi connectivity index (χ1n) is 5.69. The molecule has 0 heterocycles. The molecule has 1 aromatic rings. The molecule has 0 spiro atoms. The van der Waals surface area contributed by atoms with Crippen molar-refractivity contribution in [3.05, 3.63) is 29.3 Å². The van der Waals surface area contributed by atoms with E-state index in [1.54, 1.807) is 0 Å². The van der Waals surface area contributed by atoms with Gasteiger partial charge in [-0.05, 0) is 44.0 Å². The molecule has 2 N–H and O–H groups in total. The van der Waals surface area contributed by atoms with Crippen LogP contribution < -0.4 is 5.32 Å². The average molecular weight is 223 g/mol. The van der Waals surface area contributed by atoms with Gasteiger partial charge in [0.2, 0.25) is 0 Å². The molecule has 1 unspecified atom stereocenters. The summed E-state index contributed by atoms with van der Waals surface area (Å²) in [6, 6.07) is 6.27. The van der Waals surface area contributed by atoms with Crippen LogP contribution in [0.15, 0.2) is 18.2 Å². The van der Waals surface area contributed by atoms with E-state index < -0.39 is 6.10 Å². The number of rotatable bonds is 6. The van der Waals surface area contributed by atoms with Gasteiger partial charge in [0, 0.05) is 18.8 Å². The van der Waals surface area contributed by atoms with Crippen molar-refractivity contribution in [2.45, 2.75) is 26.9 Å². The summed E-state index contributed by atoms with van der Waals surface area (Å²) in [6.07, 6.45) is -0.458. The van der Waals surface area contributed by atoms with Gasteiger partial charge in [-0.15, -0.1) is 0 Å². The van der Waals surface area contributed by atoms with Crippen molar-refractivity contribution in [3.63, 3.8) is 0 Å². The van der Waals surface area contributed by atoms with Crippen molar-refractivity contribution < 1.29 is 9.84 Å². The van der Waals surface area contributed by atoms with E-state index >= 15 is 0 Å². The van der Waals surface area contributed by atoms with Gasteiger partial charge in [0.25, 0.3) is 0 Å². The van der Waals surface area contributed by atoms with Crippen molar-refractivity contribution in [1.82, 2.24) is 0 Å². The van der Waals surface area contributed by atoms with Crippen LogP contribution in [0.1, 0.15) is 18.1 Å². The van der Waals surface area contributed by atoms with E-state index in [2.05, 4.69) is 37.4 Å². The lowest BCUT2D eigenvalue weighted by Crippen LogP contribution is -2.24. The van der Waals surface area contributed by atoms with Gasteiger partial charge < -0.3 is 15.2 Å². The summed E-state index contributed by atoms with van der Waals surface area (Å²) < 4.78 is 5.14. The first kappa shape index (κ1) is 13.0. The second kappa shape index (κ2) is 6.51. The molecular weight excluding hydrogens is 202 g/mol. The monoisotopic (exact) mass is 223 g/mol. The number of aliphatic hydroxyl groups is 1. The van der Waals surface area contributed by atoms with Crippen LogP contribution in [-0.4, -0.2) is 31.0 Å². The summed E-state index contributed by atoms with van der Waals surface area (Å²) in [5.74, 6) is 0. The molecule has 0 fully saturated rings. The summed E-state index contributed by atoms with van der Waals surface area (Å²) in [4.78, 5) is 0. The van der Waals surface area contributed by atoms with Gasteiger partial charge in [-0.3, -0.25) is 0 Å². The van der Waals surface area contributed by atoms with E-state index in [1.165, 1.54) is 11.1 Å². The molecule has 0 amide bonds. The molecule has 0 radical (unpaired) electrons. The molecule has 0 saturated carbocycles. The average Bonchev–Trinajstić information content (AvgIpc) is 2.22. The molecule has 1 rings (SSSR count). The van der Waals surface area contributed by atoms with Crippen molar-refractivity contribution >= 4 is 5.69 Å². The summed E-state index contributed by atoms with van der Waals surface area (Å²) in [5, 5.41) is 12.8. The van der Waals surface area contributed by atoms with Gasteiger partial charge in [-0.1, -0.05) is 6.07 Å². The van der Waals surface area contributed by atoms with Crippen molar-refractivity contribution in [2.75, 3.05) is 25.1 Å². The SMILES string of the molecule is CCOCC(O)CNc1cc(C)cc(C)c1. The van der Waals surface area contributed by atoms with E-state index in [-0.39, 0.29) is 0 Å². The Morgan fingerprint density at radius 2 is 1.88 bits per heavy atom. The Bertz CT molecular complexity index is 305. The normalized spacial score (nSPS) is 12.5. The molecule has 0 aliphatic carbocycles. The van der Waals surface area contributed by atoms with Crippen LogP contribution in [-0.2, 0) is 4.74 Å². The third kappa shape index (κ3) is 4.64. The molecule has 0 aliphatic heterocycles. The minimum Gasteiger partial charge on any atom is -0.389 e. The number of aliphatic hydroxyl groups excluding tert-OH is 1. The molecule has 0 aromatic heterocycles. The zero-order valence-electron chi connectivity index (χ0n) is 10.3. The lowest BCUT2D eigenvalue weighted by molar-refractivity contribution is 0.0496. The molecule has 3 heteroatoms. The van der Waals surface area contributed by atoms with E-state index in [9.17, 15) is 5.11 Å². The molecular formula is C13H21NO2. The second-order valence-corrected chi connectivity index (χ2v) is 4.07. The smallest absolute Gasteiger partial charge is 0.0945 e. The Labute approximate surface area is 97.4 Å². The van der Waals surface area contributed by atoms with Gasteiger partial charge in [-0.2, -0.15) is 0 Å². The maximum atomic E-state index is 9.59. The fourth-order valence-electron chi connectivity index (χ4n) is 1.63. The van der Waals surface area contributed by atoms with E-state index in [4.69, 9.17) is 4.74 Å². The number of aryl methyl sites for hydroxylation is 2. The first-order chi connectivity index (χ1) is 7.61. The van der Waals surface area contributed by atoms with Gasteiger partial charge in [0.15, 0.2) is 0 Å².